The number of carbonyl (C=O) groups excluding carboxylic acids is 1. The monoisotopic (exact) mass is 458 g/mol. The van der Waals surface area contributed by atoms with Crippen LogP contribution < -0.4 is 15.2 Å². The van der Waals surface area contributed by atoms with Crippen molar-refractivity contribution in [2.75, 3.05) is 25.7 Å². The zero-order chi connectivity index (χ0) is 23.4. The van der Waals surface area contributed by atoms with Crippen LogP contribution in [0.15, 0.2) is 41.3 Å². The fraction of sp³-hybridized carbons (Fsp3) is 0.478. The van der Waals surface area contributed by atoms with Crippen molar-refractivity contribution < 1.29 is 24.2 Å². The lowest BCUT2D eigenvalue weighted by molar-refractivity contribution is -0.146. The molecule has 0 bridgehead atoms. The fourth-order valence-corrected chi connectivity index (χ4v) is 8.15. The van der Waals surface area contributed by atoms with E-state index in [0.717, 1.165) is 0 Å². The summed E-state index contributed by atoms with van der Waals surface area (Å²) in [6, 6.07) is 8.75. The van der Waals surface area contributed by atoms with Crippen LogP contribution in [0.5, 0.6) is 5.75 Å². The zero-order valence-corrected chi connectivity index (χ0v) is 20.0. The standard InChI is InChI=1S/C23H30N2O6Si/c1-14-20(32(4,5)29)18(10-12-26)31-23(14)16-13-15(8-9-17(16)24(2)22(23)28)25-11-6-7-19(30-3)21(25)27/h6-9,11,13-14,18,20,26,29H,10,12H2,1-5H3/t14-,18+,20-,23+/m0/s1. The summed E-state index contributed by atoms with van der Waals surface area (Å²) in [5, 5.41) is 9.62. The maximum Gasteiger partial charge on any atom is 0.297 e. The van der Waals surface area contributed by atoms with Gasteiger partial charge >= 0.3 is 0 Å². The summed E-state index contributed by atoms with van der Waals surface area (Å²) in [4.78, 5) is 39.0. The van der Waals surface area contributed by atoms with E-state index in [1.165, 1.54) is 11.7 Å². The van der Waals surface area contributed by atoms with Crippen LogP contribution in [0.4, 0.5) is 5.69 Å². The van der Waals surface area contributed by atoms with Crippen molar-refractivity contribution in [3.05, 3.63) is 52.4 Å². The van der Waals surface area contributed by atoms with Gasteiger partial charge in [0.2, 0.25) is 0 Å². The van der Waals surface area contributed by atoms with Crippen LogP contribution in [0.2, 0.25) is 18.6 Å². The number of nitrogens with zero attached hydrogens (tertiary/aromatic N) is 2. The first kappa shape index (κ1) is 22.7. The van der Waals surface area contributed by atoms with Gasteiger partial charge in [-0.05, 0) is 49.8 Å². The first-order valence-electron chi connectivity index (χ1n) is 10.8. The molecule has 0 saturated carbocycles. The number of rotatable bonds is 5. The van der Waals surface area contributed by atoms with Crippen LogP contribution in [0.25, 0.3) is 5.69 Å². The molecule has 8 nitrogen and oxygen atoms in total. The number of anilines is 1. The van der Waals surface area contributed by atoms with Gasteiger partial charge in [-0.3, -0.25) is 14.2 Å². The minimum atomic E-state index is -2.73. The molecular weight excluding hydrogens is 428 g/mol. The summed E-state index contributed by atoms with van der Waals surface area (Å²) in [5.41, 5.74) is 0.160. The number of hydrogen-bond donors (Lipinski definition) is 2. The number of ether oxygens (including phenoxy) is 2. The summed E-state index contributed by atoms with van der Waals surface area (Å²) >= 11 is 0. The van der Waals surface area contributed by atoms with E-state index in [-0.39, 0.29) is 35.3 Å². The Kier molecular flexibility index (Phi) is 5.57. The largest absolute Gasteiger partial charge is 0.491 e. The van der Waals surface area contributed by atoms with Gasteiger partial charge in [0.25, 0.3) is 11.5 Å². The second kappa shape index (κ2) is 7.84. The topological polar surface area (TPSA) is 101 Å². The van der Waals surface area contributed by atoms with Crippen molar-refractivity contribution in [3.63, 3.8) is 0 Å². The van der Waals surface area contributed by atoms with Gasteiger partial charge in [0.05, 0.1) is 18.9 Å². The number of hydrogen-bond acceptors (Lipinski definition) is 6. The van der Waals surface area contributed by atoms with Crippen LogP contribution >= 0.6 is 0 Å². The Bertz CT molecular complexity index is 1110. The minimum absolute atomic E-state index is 0.0927. The normalized spacial score (nSPS) is 27.3. The average molecular weight is 459 g/mol. The van der Waals surface area contributed by atoms with E-state index in [1.54, 1.807) is 36.3 Å². The lowest BCUT2D eigenvalue weighted by Crippen LogP contribution is -2.45. The summed E-state index contributed by atoms with van der Waals surface area (Å²) in [6.45, 7) is 5.54. The van der Waals surface area contributed by atoms with Gasteiger partial charge in [0, 0.05) is 42.6 Å². The molecule has 2 aliphatic rings. The van der Waals surface area contributed by atoms with Gasteiger partial charge < -0.3 is 24.3 Å². The predicted molar refractivity (Wildman–Crippen MR) is 123 cm³/mol. The van der Waals surface area contributed by atoms with Crippen LogP contribution in [0.3, 0.4) is 0 Å². The van der Waals surface area contributed by atoms with Gasteiger partial charge in [0.15, 0.2) is 19.7 Å². The molecule has 1 spiro atoms. The van der Waals surface area contributed by atoms with Crippen molar-refractivity contribution in [2.45, 2.75) is 43.7 Å². The number of methoxy groups -OCH3 is 1. The fourth-order valence-electron chi connectivity index (χ4n) is 5.55. The zero-order valence-electron chi connectivity index (χ0n) is 19.0. The first-order valence-corrected chi connectivity index (χ1v) is 13.8. The lowest BCUT2D eigenvalue weighted by Gasteiger charge is -2.32. The van der Waals surface area contributed by atoms with E-state index in [4.69, 9.17) is 9.47 Å². The molecule has 1 aromatic carbocycles. The van der Waals surface area contributed by atoms with E-state index >= 15 is 0 Å². The molecule has 4 rings (SSSR count). The summed E-state index contributed by atoms with van der Waals surface area (Å²) < 4.78 is 13.1. The number of fused-ring (bicyclic) bond motifs is 2. The van der Waals surface area contributed by atoms with E-state index in [2.05, 4.69) is 0 Å². The molecule has 172 valence electrons. The lowest BCUT2D eigenvalue weighted by atomic mass is 9.82. The van der Waals surface area contributed by atoms with Gasteiger partial charge in [-0.25, -0.2) is 0 Å². The average Bonchev–Trinajstić information content (AvgIpc) is 3.15. The van der Waals surface area contributed by atoms with Crippen LogP contribution in [0.1, 0.15) is 18.9 Å². The number of likely N-dealkylation sites (N-methyl/N-ethyl adjacent to an activating group) is 1. The molecule has 2 aromatic rings. The Morgan fingerprint density at radius 1 is 1.25 bits per heavy atom. The van der Waals surface area contributed by atoms with Crippen molar-refractivity contribution in [1.29, 1.82) is 0 Å². The highest BCUT2D eigenvalue weighted by Crippen LogP contribution is 2.59. The highest BCUT2D eigenvalue weighted by atomic mass is 28.4. The minimum Gasteiger partial charge on any atom is -0.491 e. The molecule has 0 unspecified atom stereocenters. The number of benzene rings is 1. The van der Waals surface area contributed by atoms with Crippen molar-refractivity contribution in [3.8, 4) is 11.4 Å². The summed E-state index contributed by atoms with van der Waals surface area (Å²) in [7, 11) is 0.423. The van der Waals surface area contributed by atoms with Gasteiger partial charge in [-0.1, -0.05) is 6.92 Å². The molecule has 4 atom stereocenters. The molecule has 32 heavy (non-hydrogen) atoms. The van der Waals surface area contributed by atoms with E-state index in [9.17, 15) is 19.5 Å². The van der Waals surface area contributed by atoms with E-state index < -0.39 is 20.0 Å². The Hall–Kier alpha value is -2.46. The maximum absolute atomic E-state index is 13.6. The highest BCUT2D eigenvalue weighted by Gasteiger charge is 2.65. The van der Waals surface area contributed by atoms with Gasteiger partial charge in [-0.15, -0.1) is 0 Å². The van der Waals surface area contributed by atoms with E-state index in [1.807, 2.05) is 32.2 Å². The third-order valence-electron chi connectivity index (χ3n) is 6.92. The number of aromatic nitrogens is 1. The van der Waals surface area contributed by atoms with Gasteiger partial charge in [-0.2, -0.15) is 0 Å². The maximum atomic E-state index is 13.6. The van der Waals surface area contributed by atoms with E-state index in [0.29, 0.717) is 23.4 Å². The molecule has 1 amide bonds. The van der Waals surface area contributed by atoms with Crippen LogP contribution in [0, 0.1) is 5.92 Å². The number of aliphatic hydroxyl groups excluding tert-OH is 1. The highest BCUT2D eigenvalue weighted by molar-refractivity contribution is 6.71. The molecule has 0 radical (unpaired) electrons. The van der Waals surface area contributed by atoms with Crippen LogP contribution in [-0.4, -0.2) is 55.6 Å². The molecule has 1 aromatic heterocycles. The molecule has 9 heteroatoms. The van der Waals surface area contributed by atoms with Crippen molar-refractivity contribution >= 4 is 19.9 Å². The molecule has 2 N–H and O–H groups in total. The summed E-state index contributed by atoms with van der Waals surface area (Å²) in [5.74, 6) is -0.282. The number of amides is 1. The Labute approximate surface area is 188 Å². The number of aliphatic hydroxyl groups is 1. The van der Waals surface area contributed by atoms with Gasteiger partial charge in [0.1, 0.15) is 0 Å². The third kappa shape index (κ3) is 3.14. The molecule has 3 heterocycles. The Morgan fingerprint density at radius 2 is 1.97 bits per heavy atom. The van der Waals surface area contributed by atoms with Crippen molar-refractivity contribution in [2.24, 2.45) is 5.92 Å². The number of pyridine rings is 1. The Balaban J connectivity index is 1.90. The smallest absolute Gasteiger partial charge is 0.297 e. The number of carbonyl (C=O) groups is 1. The predicted octanol–water partition coefficient (Wildman–Crippen LogP) is 2.00. The summed E-state index contributed by atoms with van der Waals surface area (Å²) in [6.07, 6.45) is 1.56. The second-order valence-corrected chi connectivity index (χ2v) is 13.2. The second-order valence-electron chi connectivity index (χ2n) is 9.19. The van der Waals surface area contributed by atoms with Crippen LogP contribution in [-0.2, 0) is 15.1 Å². The molecule has 1 saturated heterocycles. The molecule has 2 aliphatic heterocycles. The molecular formula is C23H30N2O6Si. The SMILES string of the molecule is COc1cccn(-c2ccc3c(c2)[C@@]2(O[C@H](CCO)[C@@H]([Si](C)(C)O)[C@@H]2C)C(=O)N3C)c1=O. The molecule has 1 fully saturated rings. The molecule has 0 aliphatic carbocycles. The Morgan fingerprint density at radius 3 is 2.59 bits per heavy atom. The first-order chi connectivity index (χ1) is 15.1. The third-order valence-corrected chi connectivity index (χ3v) is 9.42. The van der Waals surface area contributed by atoms with Crippen molar-refractivity contribution in [1.82, 2.24) is 4.57 Å². The quantitative estimate of drug-likeness (QED) is 0.665.